The lowest BCUT2D eigenvalue weighted by Gasteiger charge is -2.12. The molecule has 0 bridgehead atoms. The number of hydrogen-bond donors (Lipinski definition) is 2. The normalized spacial score (nSPS) is 11.1. The van der Waals surface area contributed by atoms with Gasteiger partial charge in [0.2, 0.25) is 0 Å². The maximum Gasteiger partial charge on any atom is 0.271 e. The first-order valence-electron chi connectivity index (χ1n) is 7.01. The van der Waals surface area contributed by atoms with Crippen molar-refractivity contribution in [3.05, 3.63) is 52.5 Å². The van der Waals surface area contributed by atoms with Crippen molar-refractivity contribution in [2.45, 2.75) is 6.92 Å². The highest BCUT2D eigenvalue weighted by atomic mass is 35.5. The Balaban J connectivity index is 2.24. The summed E-state index contributed by atoms with van der Waals surface area (Å²) in [6.45, 7) is 1.65. The SMILES string of the molecule is COc1cc(O)c(C(C)=NNC(=O)c2ccc(Cl)cc2)c(OC)c1. The predicted octanol–water partition coefficient (Wildman–Crippen LogP) is 3.22. The number of nitrogens with one attached hydrogen (secondary N) is 1. The fourth-order valence-corrected chi connectivity index (χ4v) is 2.20. The van der Waals surface area contributed by atoms with Gasteiger partial charge in [0.1, 0.15) is 17.2 Å². The Morgan fingerprint density at radius 1 is 1.17 bits per heavy atom. The number of carbonyl (C=O) groups excluding carboxylic acids is 1. The lowest BCUT2D eigenvalue weighted by Crippen LogP contribution is -2.19. The van der Waals surface area contributed by atoms with Gasteiger partial charge in [0.25, 0.3) is 5.91 Å². The van der Waals surface area contributed by atoms with Gasteiger partial charge >= 0.3 is 0 Å². The van der Waals surface area contributed by atoms with Gasteiger partial charge in [-0.25, -0.2) is 5.43 Å². The molecule has 0 aliphatic heterocycles. The van der Waals surface area contributed by atoms with Crippen LogP contribution in [0.2, 0.25) is 5.02 Å². The first-order valence-corrected chi connectivity index (χ1v) is 7.39. The van der Waals surface area contributed by atoms with Gasteiger partial charge in [-0.3, -0.25) is 4.79 Å². The van der Waals surface area contributed by atoms with Crippen LogP contribution in [-0.2, 0) is 0 Å². The van der Waals surface area contributed by atoms with Crippen molar-refractivity contribution >= 4 is 23.2 Å². The summed E-state index contributed by atoms with van der Waals surface area (Å²) in [7, 11) is 2.96. The monoisotopic (exact) mass is 348 g/mol. The average molecular weight is 349 g/mol. The van der Waals surface area contributed by atoms with E-state index in [1.165, 1.54) is 20.3 Å². The van der Waals surface area contributed by atoms with E-state index in [-0.39, 0.29) is 5.75 Å². The molecule has 0 saturated heterocycles. The van der Waals surface area contributed by atoms with Crippen LogP contribution in [0.4, 0.5) is 0 Å². The number of hydrazone groups is 1. The smallest absolute Gasteiger partial charge is 0.271 e. The van der Waals surface area contributed by atoms with E-state index in [4.69, 9.17) is 21.1 Å². The Labute approximate surface area is 144 Å². The molecular formula is C17H17ClN2O4. The largest absolute Gasteiger partial charge is 0.507 e. The molecule has 0 spiro atoms. The molecule has 0 unspecified atom stereocenters. The third-order valence-corrected chi connectivity index (χ3v) is 3.56. The van der Waals surface area contributed by atoms with Gasteiger partial charge in [0.05, 0.1) is 25.5 Å². The molecule has 2 aromatic rings. The minimum absolute atomic E-state index is 0.0619. The molecule has 2 rings (SSSR count). The molecule has 126 valence electrons. The highest BCUT2D eigenvalue weighted by Gasteiger charge is 2.15. The zero-order valence-electron chi connectivity index (χ0n) is 13.5. The number of methoxy groups -OCH3 is 2. The second-order valence-corrected chi connectivity index (χ2v) is 5.31. The van der Waals surface area contributed by atoms with Gasteiger partial charge in [-0.2, -0.15) is 5.10 Å². The van der Waals surface area contributed by atoms with Gasteiger partial charge < -0.3 is 14.6 Å². The molecule has 0 fully saturated rings. The first kappa shape index (κ1) is 17.6. The van der Waals surface area contributed by atoms with Crippen molar-refractivity contribution in [1.82, 2.24) is 5.43 Å². The lowest BCUT2D eigenvalue weighted by molar-refractivity contribution is 0.0955. The molecule has 1 amide bonds. The fourth-order valence-electron chi connectivity index (χ4n) is 2.08. The number of aromatic hydroxyl groups is 1. The third-order valence-electron chi connectivity index (χ3n) is 3.30. The number of benzene rings is 2. The minimum atomic E-state index is -0.391. The highest BCUT2D eigenvalue weighted by Crippen LogP contribution is 2.33. The number of phenols is 1. The van der Waals surface area contributed by atoms with E-state index in [9.17, 15) is 9.90 Å². The summed E-state index contributed by atoms with van der Waals surface area (Å²) in [5.41, 5.74) is 3.60. The van der Waals surface area contributed by atoms with E-state index < -0.39 is 5.91 Å². The van der Waals surface area contributed by atoms with Crippen LogP contribution >= 0.6 is 11.6 Å². The van der Waals surface area contributed by atoms with Gasteiger partial charge in [-0.1, -0.05) is 11.6 Å². The number of ether oxygens (including phenoxy) is 2. The summed E-state index contributed by atoms with van der Waals surface area (Å²) in [6, 6.07) is 9.48. The van der Waals surface area contributed by atoms with Crippen molar-refractivity contribution in [2.75, 3.05) is 14.2 Å². The quantitative estimate of drug-likeness (QED) is 0.642. The maximum absolute atomic E-state index is 12.1. The first-order chi connectivity index (χ1) is 11.5. The van der Waals surface area contributed by atoms with E-state index in [1.54, 1.807) is 37.3 Å². The maximum atomic E-state index is 12.1. The van der Waals surface area contributed by atoms with Crippen LogP contribution in [0.3, 0.4) is 0 Å². The molecule has 0 saturated carbocycles. The second kappa shape index (κ2) is 7.70. The predicted molar refractivity (Wildman–Crippen MR) is 92.3 cm³/mol. The molecule has 0 heterocycles. The van der Waals surface area contributed by atoms with E-state index in [0.29, 0.717) is 33.4 Å². The Morgan fingerprint density at radius 3 is 2.42 bits per heavy atom. The summed E-state index contributed by atoms with van der Waals surface area (Å²) in [5, 5.41) is 14.7. The Morgan fingerprint density at radius 2 is 1.83 bits per heavy atom. The standard InChI is InChI=1S/C17H17ClN2O4/c1-10(16-14(21)8-13(23-2)9-15(16)24-3)19-20-17(22)11-4-6-12(18)7-5-11/h4-9,21H,1-3H3,(H,20,22). The molecule has 6 nitrogen and oxygen atoms in total. The molecule has 24 heavy (non-hydrogen) atoms. The molecule has 0 aliphatic rings. The van der Waals surface area contributed by atoms with Crippen LogP contribution in [0.25, 0.3) is 0 Å². The van der Waals surface area contributed by atoms with Crippen LogP contribution in [0.1, 0.15) is 22.8 Å². The van der Waals surface area contributed by atoms with Gasteiger partial charge in [0.15, 0.2) is 0 Å². The topological polar surface area (TPSA) is 80.2 Å². The number of amides is 1. The summed E-state index contributed by atoms with van der Waals surface area (Å²) in [5.74, 6) is 0.381. The zero-order valence-corrected chi connectivity index (χ0v) is 14.2. The van der Waals surface area contributed by atoms with Crippen LogP contribution in [0, 0.1) is 0 Å². The Bertz CT molecular complexity index is 773. The molecular weight excluding hydrogens is 332 g/mol. The number of halogens is 1. The van der Waals surface area contributed by atoms with Crippen LogP contribution < -0.4 is 14.9 Å². The van der Waals surface area contributed by atoms with Crippen molar-refractivity contribution in [3.8, 4) is 17.2 Å². The molecule has 2 N–H and O–H groups in total. The minimum Gasteiger partial charge on any atom is -0.507 e. The molecule has 0 aromatic heterocycles. The molecule has 0 radical (unpaired) electrons. The van der Waals surface area contributed by atoms with Crippen LogP contribution in [0.15, 0.2) is 41.5 Å². The molecule has 7 heteroatoms. The van der Waals surface area contributed by atoms with E-state index >= 15 is 0 Å². The summed E-state index contributed by atoms with van der Waals surface area (Å²) in [4.78, 5) is 12.1. The third kappa shape index (κ3) is 3.97. The average Bonchev–Trinajstić information content (AvgIpc) is 2.59. The van der Waals surface area contributed by atoms with Gasteiger partial charge in [0, 0.05) is 22.7 Å². The van der Waals surface area contributed by atoms with Gasteiger partial charge in [-0.15, -0.1) is 0 Å². The van der Waals surface area contributed by atoms with E-state index in [1.807, 2.05) is 0 Å². The fraction of sp³-hybridized carbons (Fsp3) is 0.176. The Hall–Kier alpha value is -2.73. The molecule has 2 aromatic carbocycles. The van der Waals surface area contributed by atoms with Crippen molar-refractivity contribution < 1.29 is 19.4 Å². The Kier molecular flexibility index (Phi) is 5.65. The summed E-state index contributed by atoms with van der Waals surface area (Å²) in [6.07, 6.45) is 0. The number of nitrogens with zero attached hydrogens (tertiary/aromatic N) is 1. The number of carbonyl (C=O) groups is 1. The van der Waals surface area contributed by atoms with Crippen LogP contribution in [-0.4, -0.2) is 30.9 Å². The molecule has 0 atom stereocenters. The van der Waals surface area contributed by atoms with E-state index in [0.717, 1.165) is 0 Å². The highest BCUT2D eigenvalue weighted by molar-refractivity contribution is 6.30. The van der Waals surface area contributed by atoms with Crippen molar-refractivity contribution in [1.29, 1.82) is 0 Å². The number of hydrogen-bond acceptors (Lipinski definition) is 5. The zero-order chi connectivity index (χ0) is 17.7. The summed E-state index contributed by atoms with van der Waals surface area (Å²) >= 11 is 5.79. The molecule has 0 aliphatic carbocycles. The van der Waals surface area contributed by atoms with Crippen molar-refractivity contribution in [3.63, 3.8) is 0 Å². The number of rotatable bonds is 5. The second-order valence-electron chi connectivity index (χ2n) is 4.87. The lowest BCUT2D eigenvalue weighted by atomic mass is 10.1. The van der Waals surface area contributed by atoms with Crippen molar-refractivity contribution in [2.24, 2.45) is 5.10 Å². The van der Waals surface area contributed by atoms with Gasteiger partial charge in [-0.05, 0) is 31.2 Å². The summed E-state index contributed by atoms with van der Waals surface area (Å²) < 4.78 is 10.3. The van der Waals surface area contributed by atoms with Crippen LogP contribution in [0.5, 0.6) is 17.2 Å². The number of phenolic OH excluding ortho intramolecular Hbond substituents is 1. The van der Waals surface area contributed by atoms with E-state index in [2.05, 4.69) is 10.5 Å².